The van der Waals surface area contributed by atoms with E-state index in [4.69, 9.17) is 5.73 Å². The van der Waals surface area contributed by atoms with Gasteiger partial charge in [-0.25, -0.2) is 0 Å². The Kier molecular flexibility index (Phi) is 5.22. The van der Waals surface area contributed by atoms with E-state index < -0.39 is 0 Å². The summed E-state index contributed by atoms with van der Waals surface area (Å²) in [6, 6.07) is 9.65. The van der Waals surface area contributed by atoms with Crippen LogP contribution in [-0.4, -0.2) is 24.0 Å². The Morgan fingerprint density at radius 2 is 1.75 bits per heavy atom. The summed E-state index contributed by atoms with van der Waals surface area (Å²) in [7, 11) is 0. The van der Waals surface area contributed by atoms with Crippen molar-refractivity contribution in [2.24, 2.45) is 11.7 Å². The Morgan fingerprint density at radius 3 is 2.35 bits per heavy atom. The van der Waals surface area contributed by atoms with Crippen LogP contribution < -0.4 is 5.73 Å². The lowest BCUT2D eigenvalue weighted by Gasteiger charge is -2.39. The molecule has 0 amide bonds. The predicted octanol–water partition coefficient (Wildman–Crippen LogP) is 3.93. The van der Waals surface area contributed by atoms with Crippen LogP contribution in [0.1, 0.15) is 63.6 Å². The van der Waals surface area contributed by atoms with Crippen LogP contribution in [0.4, 0.5) is 0 Å². The maximum absolute atomic E-state index is 6.42. The third-order valence-corrected chi connectivity index (χ3v) is 4.97. The largest absolute Gasteiger partial charge is 0.323 e. The van der Waals surface area contributed by atoms with Gasteiger partial charge < -0.3 is 5.73 Å². The number of likely N-dealkylation sites (tertiary alicyclic amines) is 1. The lowest BCUT2D eigenvalue weighted by Crippen LogP contribution is -2.45. The molecule has 0 saturated carbocycles. The first-order valence-corrected chi connectivity index (χ1v) is 8.08. The van der Waals surface area contributed by atoms with Crippen molar-refractivity contribution >= 4 is 0 Å². The highest BCUT2D eigenvalue weighted by molar-refractivity contribution is 5.26. The molecule has 0 aromatic heterocycles. The quantitative estimate of drug-likeness (QED) is 0.901. The highest BCUT2D eigenvalue weighted by Gasteiger charge is 2.25. The Labute approximate surface area is 124 Å². The van der Waals surface area contributed by atoms with E-state index in [0.717, 1.165) is 12.5 Å². The molecule has 2 heteroatoms. The van der Waals surface area contributed by atoms with Crippen molar-refractivity contribution in [2.75, 3.05) is 13.1 Å². The summed E-state index contributed by atoms with van der Waals surface area (Å²) in [5, 5.41) is 0. The molecule has 1 fully saturated rings. The number of rotatable bonds is 4. The number of hydrogen-bond donors (Lipinski definition) is 1. The zero-order valence-corrected chi connectivity index (χ0v) is 13.5. The molecule has 1 aromatic rings. The highest BCUT2D eigenvalue weighted by atomic mass is 15.2. The Morgan fingerprint density at radius 1 is 1.15 bits per heavy atom. The molecular formula is C18H30N2. The average molecular weight is 274 g/mol. The summed E-state index contributed by atoms with van der Waals surface area (Å²) in [4.78, 5) is 2.56. The van der Waals surface area contributed by atoms with E-state index in [-0.39, 0.29) is 6.04 Å². The first-order valence-electron chi connectivity index (χ1n) is 8.08. The molecule has 20 heavy (non-hydrogen) atoms. The fourth-order valence-corrected chi connectivity index (χ4v) is 3.16. The normalized spacial score (nSPS) is 25.9. The van der Waals surface area contributed by atoms with Crippen LogP contribution in [-0.2, 0) is 0 Å². The lowest BCUT2D eigenvalue weighted by molar-refractivity contribution is 0.107. The van der Waals surface area contributed by atoms with Crippen LogP contribution in [0, 0.1) is 5.92 Å². The minimum Gasteiger partial charge on any atom is -0.323 e. The van der Waals surface area contributed by atoms with Gasteiger partial charge in [0, 0.05) is 18.6 Å². The highest BCUT2D eigenvalue weighted by Crippen LogP contribution is 2.25. The molecule has 1 saturated heterocycles. The maximum Gasteiger partial charge on any atom is 0.0424 e. The van der Waals surface area contributed by atoms with Gasteiger partial charge in [-0.3, -0.25) is 4.90 Å². The van der Waals surface area contributed by atoms with E-state index in [9.17, 15) is 0 Å². The molecule has 112 valence electrons. The second-order valence-electron chi connectivity index (χ2n) is 6.78. The molecule has 3 unspecified atom stereocenters. The molecular weight excluding hydrogens is 244 g/mol. The molecule has 0 spiro atoms. The summed E-state index contributed by atoms with van der Waals surface area (Å²) in [6.07, 6.45) is 2.67. The topological polar surface area (TPSA) is 29.3 Å². The van der Waals surface area contributed by atoms with Crippen molar-refractivity contribution in [3.8, 4) is 0 Å². The van der Waals surface area contributed by atoms with Gasteiger partial charge in [-0.1, -0.05) is 45.0 Å². The Balaban J connectivity index is 1.98. The van der Waals surface area contributed by atoms with Gasteiger partial charge in [-0.05, 0) is 49.3 Å². The van der Waals surface area contributed by atoms with Gasteiger partial charge in [0.25, 0.3) is 0 Å². The van der Waals surface area contributed by atoms with Crippen molar-refractivity contribution in [1.82, 2.24) is 4.90 Å². The Bertz CT molecular complexity index is 410. The SMILES string of the molecule is CC(C)c1ccc(C(N)CN2CCCC(C)C2C)cc1. The standard InChI is InChI=1S/C18H30N2/c1-13(2)16-7-9-17(10-8-16)18(19)12-20-11-5-6-14(3)15(20)4/h7-10,13-15,18H,5-6,11-12,19H2,1-4H3. The van der Waals surface area contributed by atoms with E-state index in [1.807, 2.05) is 0 Å². The third kappa shape index (κ3) is 3.62. The second kappa shape index (κ2) is 6.73. The zero-order valence-electron chi connectivity index (χ0n) is 13.5. The predicted molar refractivity (Wildman–Crippen MR) is 86.9 cm³/mol. The number of piperidine rings is 1. The van der Waals surface area contributed by atoms with E-state index in [1.165, 1.54) is 30.5 Å². The van der Waals surface area contributed by atoms with Crippen molar-refractivity contribution in [2.45, 2.75) is 58.5 Å². The number of nitrogens with zero attached hydrogens (tertiary/aromatic N) is 1. The molecule has 1 heterocycles. The van der Waals surface area contributed by atoms with Crippen molar-refractivity contribution in [3.05, 3.63) is 35.4 Å². The van der Waals surface area contributed by atoms with Crippen LogP contribution in [0.2, 0.25) is 0 Å². The van der Waals surface area contributed by atoms with Crippen LogP contribution in [0.25, 0.3) is 0 Å². The maximum atomic E-state index is 6.42. The molecule has 0 radical (unpaired) electrons. The van der Waals surface area contributed by atoms with E-state index >= 15 is 0 Å². The van der Waals surface area contributed by atoms with Gasteiger partial charge in [0.05, 0.1) is 0 Å². The second-order valence-corrected chi connectivity index (χ2v) is 6.78. The van der Waals surface area contributed by atoms with Gasteiger partial charge in [-0.15, -0.1) is 0 Å². The van der Waals surface area contributed by atoms with Gasteiger partial charge in [0.1, 0.15) is 0 Å². The fraction of sp³-hybridized carbons (Fsp3) is 0.667. The van der Waals surface area contributed by atoms with Gasteiger partial charge in [0.2, 0.25) is 0 Å². The molecule has 2 rings (SSSR count). The molecule has 2 N–H and O–H groups in total. The van der Waals surface area contributed by atoms with Crippen LogP contribution in [0.5, 0.6) is 0 Å². The summed E-state index contributed by atoms with van der Waals surface area (Å²) in [5.41, 5.74) is 9.07. The van der Waals surface area contributed by atoms with E-state index in [0.29, 0.717) is 12.0 Å². The monoisotopic (exact) mass is 274 g/mol. The minimum atomic E-state index is 0.129. The molecule has 0 bridgehead atoms. The van der Waals surface area contributed by atoms with Gasteiger partial charge >= 0.3 is 0 Å². The van der Waals surface area contributed by atoms with E-state index in [1.54, 1.807) is 0 Å². The first kappa shape index (κ1) is 15.5. The van der Waals surface area contributed by atoms with Crippen LogP contribution in [0.15, 0.2) is 24.3 Å². The average Bonchev–Trinajstić information content (AvgIpc) is 2.44. The molecule has 0 aliphatic carbocycles. The summed E-state index contributed by atoms with van der Waals surface area (Å²) < 4.78 is 0. The smallest absolute Gasteiger partial charge is 0.0424 e. The van der Waals surface area contributed by atoms with Crippen LogP contribution >= 0.6 is 0 Å². The van der Waals surface area contributed by atoms with Gasteiger partial charge in [0.15, 0.2) is 0 Å². The molecule has 1 aliphatic heterocycles. The van der Waals surface area contributed by atoms with Crippen molar-refractivity contribution in [1.29, 1.82) is 0 Å². The fourth-order valence-electron chi connectivity index (χ4n) is 3.16. The summed E-state index contributed by atoms with van der Waals surface area (Å²) in [5.74, 6) is 1.38. The molecule has 1 aliphatic rings. The summed E-state index contributed by atoms with van der Waals surface area (Å²) in [6.45, 7) is 11.3. The van der Waals surface area contributed by atoms with Crippen molar-refractivity contribution < 1.29 is 0 Å². The number of hydrogen-bond acceptors (Lipinski definition) is 2. The number of nitrogens with two attached hydrogens (primary N) is 1. The van der Waals surface area contributed by atoms with Crippen molar-refractivity contribution in [3.63, 3.8) is 0 Å². The van der Waals surface area contributed by atoms with E-state index in [2.05, 4.69) is 56.9 Å². The third-order valence-electron chi connectivity index (χ3n) is 4.97. The number of benzene rings is 1. The molecule has 1 aromatic carbocycles. The molecule has 3 atom stereocenters. The molecule has 2 nitrogen and oxygen atoms in total. The Hall–Kier alpha value is -0.860. The minimum absolute atomic E-state index is 0.129. The zero-order chi connectivity index (χ0) is 14.7. The lowest BCUT2D eigenvalue weighted by atomic mass is 9.91. The summed E-state index contributed by atoms with van der Waals surface area (Å²) >= 11 is 0. The van der Waals surface area contributed by atoms with Gasteiger partial charge in [-0.2, -0.15) is 0 Å². The first-order chi connectivity index (χ1) is 9.49. The van der Waals surface area contributed by atoms with Crippen LogP contribution in [0.3, 0.4) is 0 Å².